The summed E-state index contributed by atoms with van der Waals surface area (Å²) < 4.78 is 0. The fraction of sp³-hybridized carbons (Fsp3) is 0.500. The average molecular weight is 352 g/mol. The second kappa shape index (κ2) is 7.81. The number of piperazine rings is 1. The molecule has 3 heterocycles. The number of nitrogens with two attached hydrogens (primary N) is 1. The smallest absolute Gasteiger partial charge is 0.157 e. The van der Waals surface area contributed by atoms with Gasteiger partial charge in [-0.2, -0.15) is 0 Å². The number of para-hydroxylation sites is 1. The number of nitrogen functional groups attached to an aromatic ring is 1. The molecule has 6 heteroatoms. The van der Waals surface area contributed by atoms with Crippen LogP contribution in [0.1, 0.15) is 25.7 Å². The summed E-state index contributed by atoms with van der Waals surface area (Å²) in [7, 11) is 0. The van der Waals surface area contributed by atoms with E-state index < -0.39 is 0 Å². The van der Waals surface area contributed by atoms with Crippen LogP contribution in [0, 0.1) is 0 Å². The van der Waals surface area contributed by atoms with E-state index in [1.807, 2.05) is 0 Å². The molecular weight excluding hydrogens is 324 g/mol. The summed E-state index contributed by atoms with van der Waals surface area (Å²) in [5.41, 5.74) is 8.54. The van der Waals surface area contributed by atoms with Crippen LogP contribution in [-0.2, 0) is 0 Å². The molecule has 2 saturated heterocycles. The molecule has 0 amide bonds. The van der Waals surface area contributed by atoms with E-state index in [-0.39, 0.29) is 0 Å². The SMILES string of the molecule is Nc1c(N2CCCCCC2)ncnc1N1CCN(c2ccccc2)CC1. The number of rotatable bonds is 3. The van der Waals surface area contributed by atoms with Gasteiger partial charge in [-0.3, -0.25) is 0 Å². The van der Waals surface area contributed by atoms with Crippen molar-refractivity contribution in [3.05, 3.63) is 36.7 Å². The number of anilines is 4. The van der Waals surface area contributed by atoms with Crippen molar-refractivity contribution in [3.63, 3.8) is 0 Å². The Balaban J connectivity index is 1.47. The van der Waals surface area contributed by atoms with Gasteiger partial charge in [-0.25, -0.2) is 9.97 Å². The molecule has 6 nitrogen and oxygen atoms in total. The van der Waals surface area contributed by atoms with E-state index in [1.54, 1.807) is 6.33 Å². The van der Waals surface area contributed by atoms with Crippen molar-refractivity contribution >= 4 is 23.0 Å². The zero-order valence-electron chi connectivity index (χ0n) is 15.3. The maximum absolute atomic E-state index is 6.52. The molecule has 2 fully saturated rings. The van der Waals surface area contributed by atoms with Crippen LogP contribution in [-0.4, -0.2) is 49.2 Å². The third kappa shape index (κ3) is 3.54. The minimum Gasteiger partial charge on any atom is -0.393 e. The summed E-state index contributed by atoms with van der Waals surface area (Å²) in [5.74, 6) is 1.81. The Labute approximate surface area is 155 Å². The van der Waals surface area contributed by atoms with Crippen LogP contribution in [0.3, 0.4) is 0 Å². The highest BCUT2D eigenvalue weighted by molar-refractivity contribution is 5.76. The molecular formula is C20H28N6. The van der Waals surface area contributed by atoms with Crippen molar-refractivity contribution in [3.8, 4) is 0 Å². The van der Waals surface area contributed by atoms with E-state index in [0.717, 1.165) is 56.6 Å². The Hall–Kier alpha value is -2.50. The summed E-state index contributed by atoms with van der Waals surface area (Å²) in [4.78, 5) is 16.1. The lowest BCUT2D eigenvalue weighted by atomic mass is 10.2. The van der Waals surface area contributed by atoms with Crippen molar-refractivity contribution in [1.29, 1.82) is 0 Å². The van der Waals surface area contributed by atoms with Crippen molar-refractivity contribution in [2.75, 3.05) is 59.7 Å². The molecule has 1 aromatic heterocycles. The number of aromatic nitrogens is 2. The summed E-state index contributed by atoms with van der Waals surface area (Å²) in [5, 5.41) is 0. The molecule has 0 atom stereocenters. The Kier molecular flexibility index (Phi) is 5.09. The predicted octanol–water partition coefficient (Wildman–Crippen LogP) is 2.77. The van der Waals surface area contributed by atoms with E-state index in [9.17, 15) is 0 Å². The first-order valence-electron chi connectivity index (χ1n) is 9.73. The van der Waals surface area contributed by atoms with Gasteiger partial charge in [0.2, 0.25) is 0 Å². The maximum Gasteiger partial charge on any atom is 0.157 e. The highest BCUT2D eigenvalue weighted by atomic mass is 15.3. The second-order valence-corrected chi connectivity index (χ2v) is 7.15. The topological polar surface area (TPSA) is 61.5 Å². The molecule has 2 N–H and O–H groups in total. The van der Waals surface area contributed by atoms with Gasteiger partial charge in [-0.1, -0.05) is 31.0 Å². The predicted molar refractivity (Wildman–Crippen MR) is 108 cm³/mol. The van der Waals surface area contributed by atoms with Gasteiger partial charge in [0.05, 0.1) is 0 Å². The van der Waals surface area contributed by atoms with Gasteiger partial charge in [-0.05, 0) is 25.0 Å². The Bertz CT molecular complexity index is 703. The first kappa shape index (κ1) is 16.9. The molecule has 2 aromatic rings. The third-order valence-electron chi connectivity index (χ3n) is 5.45. The van der Waals surface area contributed by atoms with Gasteiger partial charge in [-0.15, -0.1) is 0 Å². The van der Waals surface area contributed by atoms with Crippen molar-refractivity contribution in [1.82, 2.24) is 9.97 Å². The van der Waals surface area contributed by atoms with Crippen LogP contribution < -0.4 is 20.4 Å². The standard InChI is InChI=1S/C20H28N6/c21-18-19(25-10-6-1-2-7-11-25)22-16-23-20(18)26-14-12-24(13-15-26)17-8-4-3-5-9-17/h3-5,8-9,16H,1-2,6-7,10-15,21H2. The zero-order valence-corrected chi connectivity index (χ0v) is 15.3. The maximum atomic E-state index is 6.52. The fourth-order valence-electron chi connectivity index (χ4n) is 3.98. The van der Waals surface area contributed by atoms with Gasteiger partial charge in [0.1, 0.15) is 12.0 Å². The monoisotopic (exact) mass is 352 g/mol. The van der Waals surface area contributed by atoms with Crippen molar-refractivity contribution < 1.29 is 0 Å². The van der Waals surface area contributed by atoms with Crippen molar-refractivity contribution in [2.45, 2.75) is 25.7 Å². The number of hydrogen-bond acceptors (Lipinski definition) is 6. The number of nitrogens with zero attached hydrogens (tertiary/aromatic N) is 5. The molecule has 0 unspecified atom stereocenters. The lowest BCUT2D eigenvalue weighted by Gasteiger charge is -2.37. The summed E-state index contributed by atoms with van der Waals surface area (Å²) >= 11 is 0. The van der Waals surface area contributed by atoms with Gasteiger partial charge < -0.3 is 20.4 Å². The molecule has 0 saturated carbocycles. The molecule has 138 valence electrons. The van der Waals surface area contributed by atoms with Gasteiger partial charge in [0, 0.05) is 45.0 Å². The molecule has 2 aliphatic rings. The molecule has 0 spiro atoms. The van der Waals surface area contributed by atoms with Crippen LogP contribution in [0.25, 0.3) is 0 Å². The van der Waals surface area contributed by atoms with E-state index in [2.05, 4.69) is 55.0 Å². The first-order valence-corrected chi connectivity index (χ1v) is 9.73. The Morgan fingerprint density at radius 2 is 1.19 bits per heavy atom. The molecule has 0 aliphatic carbocycles. The Morgan fingerprint density at radius 3 is 1.81 bits per heavy atom. The highest BCUT2D eigenvalue weighted by Gasteiger charge is 2.23. The van der Waals surface area contributed by atoms with Crippen molar-refractivity contribution in [2.24, 2.45) is 0 Å². The number of benzene rings is 1. The molecule has 1 aromatic carbocycles. The fourth-order valence-corrected chi connectivity index (χ4v) is 3.98. The summed E-state index contributed by atoms with van der Waals surface area (Å²) in [6.07, 6.45) is 6.71. The summed E-state index contributed by atoms with van der Waals surface area (Å²) in [6.45, 7) is 5.90. The lowest BCUT2D eigenvalue weighted by Crippen LogP contribution is -2.47. The largest absolute Gasteiger partial charge is 0.393 e. The molecule has 2 aliphatic heterocycles. The second-order valence-electron chi connectivity index (χ2n) is 7.15. The molecule has 4 rings (SSSR count). The zero-order chi connectivity index (χ0) is 17.8. The highest BCUT2D eigenvalue weighted by Crippen LogP contribution is 2.31. The van der Waals surface area contributed by atoms with Crippen LogP contribution in [0.2, 0.25) is 0 Å². The molecule has 26 heavy (non-hydrogen) atoms. The van der Waals surface area contributed by atoms with E-state index >= 15 is 0 Å². The number of hydrogen-bond donors (Lipinski definition) is 1. The van der Waals surface area contributed by atoms with Gasteiger partial charge >= 0.3 is 0 Å². The molecule has 0 radical (unpaired) electrons. The minimum atomic E-state index is 0.738. The van der Waals surface area contributed by atoms with Gasteiger partial charge in [0.15, 0.2) is 11.6 Å². The quantitative estimate of drug-likeness (QED) is 0.916. The van der Waals surface area contributed by atoms with E-state index in [1.165, 1.54) is 31.4 Å². The van der Waals surface area contributed by atoms with E-state index in [0.29, 0.717) is 0 Å². The normalized spacial score (nSPS) is 18.7. The summed E-state index contributed by atoms with van der Waals surface area (Å²) in [6, 6.07) is 10.6. The minimum absolute atomic E-state index is 0.738. The van der Waals surface area contributed by atoms with Crippen LogP contribution in [0.4, 0.5) is 23.0 Å². The lowest BCUT2D eigenvalue weighted by molar-refractivity contribution is 0.647. The van der Waals surface area contributed by atoms with Crippen LogP contribution in [0.15, 0.2) is 36.7 Å². The van der Waals surface area contributed by atoms with Gasteiger partial charge in [0.25, 0.3) is 0 Å². The molecule has 0 bridgehead atoms. The van der Waals surface area contributed by atoms with Crippen LogP contribution >= 0.6 is 0 Å². The van der Waals surface area contributed by atoms with E-state index in [4.69, 9.17) is 5.73 Å². The van der Waals surface area contributed by atoms with Crippen LogP contribution in [0.5, 0.6) is 0 Å². The third-order valence-corrected chi connectivity index (χ3v) is 5.45. The first-order chi connectivity index (χ1) is 12.8. The average Bonchev–Trinajstić information content (AvgIpc) is 2.98. The Morgan fingerprint density at radius 1 is 0.654 bits per heavy atom.